The van der Waals surface area contributed by atoms with Gasteiger partial charge in [-0.15, -0.1) is 0 Å². The molecular formula is C22H26N2O8S. The van der Waals surface area contributed by atoms with Gasteiger partial charge in [0, 0.05) is 0 Å². The maximum Gasteiger partial charge on any atom is 0.338 e. The largest absolute Gasteiger partial charge is 0.493 e. The first-order valence-electron chi connectivity index (χ1n) is 10.0. The van der Waals surface area contributed by atoms with E-state index in [9.17, 15) is 14.4 Å². The van der Waals surface area contributed by atoms with E-state index in [0.717, 1.165) is 0 Å². The minimum atomic E-state index is -1.01. The smallest absolute Gasteiger partial charge is 0.338 e. The summed E-state index contributed by atoms with van der Waals surface area (Å²) in [6.45, 7) is 3.41. The van der Waals surface area contributed by atoms with E-state index in [1.165, 1.54) is 45.1 Å². The van der Waals surface area contributed by atoms with Gasteiger partial charge in [0.2, 0.25) is 11.7 Å². The first-order chi connectivity index (χ1) is 15.7. The van der Waals surface area contributed by atoms with Crippen LogP contribution >= 0.6 is 11.8 Å². The van der Waals surface area contributed by atoms with Crippen molar-refractivity contribution in [1.82, 2.24) is 4.90 Å². The number of hydrogen-bond donors (Lipinski definition) is 1. The maximum absolute atomic E-state index is 13.1. The van der Waals surface area contributed by atoms with Crippen molar-refractivity contribution in [2.75, 3.05) is 35.0 Å². The zero-order valence-electron chi connectivity index (χ0n) is 19.2. The molecule has 11 heteroatoms. The Bertz CT molecular complexity index is 1040. The van der Waals surface area contributed by atoms with E-state index in [2.05, 4.69) is 0 Å². The number of esters is 2. The summed E-state index contributed by atoms with van der Waals surface area (Å²) < 4.78 is 26.6. The van der Waals surface area contributed by atoms with Gasteiger partial charge in [0.05, 0.1) is 62.4 Å². The van der Waals surface area contributed by atoms with Crippen molar-refractivity contribution >= 4 is 29.6 Å². The van der Waals surface area contributed by atoms with Gasteiger partial charge in [-0.25, -0.2) is 9.59 Å². The molecule has 3 rings (SSSR count). The van der Waals surface area contributed by atoms with Crippen LogP contribution in [0.2, 0.25) is 0 Å². The number of amides is 1. The zero-order valence-corrected chi connectivity index (χ0v) is 20.0. The van der Waals surface area contributed by atoms with Crippen molar-refractivity contribution in [3.05, 3.63) is 39.7 Å². The van der Waals surface area contributed by atoms with Gasteiger partial charge in [0.1, 0.15) is 5.82 Å². The van der Waals surface area contributed by atoms with Crippen molar-refractivity contribution in [2.45, 2.75) is 25.0 Å². The Morgan fingerprint density at radius 3 is 2.12 bits per heavy atom. The fourth-order valence-electron chi connectivity index (χ4n) is 3.85. The zero-order chi connectivity index (χ0) is 24.4. The van der Waals surface area contributed by atoms with Crippen LogP contribution in [0.25, 0.3) is 0 Å². The van der Waals surface area contributed by atoms with E-state index in [1.807, 2.05) is 0 Å². The van der Waals surface area contributed by atoms with Crippen LogP contribution in [0.4, 0.5) is 0 Å². The van der Waals surface area contributed by atoms with Gasteiger partial charge >= 0.3 is 11.9 Å². The van der Waals surface area contributed by atoms with Gasteiger partial charge in [-0.3, -0.25) is 9.69 Å². The van der Waals surface area contributed by atoms with Gasteiger partial charge < -0.3 is 29.4 Å². The third-order valence-electron chi connectivity index (χ3n) is 5.31. The van der Waals surface area contributed by atoms with Gasteiger partial charge in [0.15, 0.2) is 11.5 Å². The third-order valence-corrected chi connectivity index (χ3v) is 6.49. The number of hydrogen-bond acceptors (Lipinski definition) is 10. The fourth-order valence-corrected chi connectivity index (χ4v) is 5.01. The summed E-state index contributed by atoms with van der Waals surface area (Å²) in [7, 11) is 5.59. The molecule has 0 radical (unpaired) electrons. The number of fused-ring (bicyclic) bond motifs is 1. The van der Waals surface area contributed by atoms with Crippen LogP contribution in [-0.4, -0.2) is 63.0 Å². The molecule has 1 fully saturated rings. The molecule has 10 nitrogen and oxygen atoms in total. The summed E-state index contributed by atoms with van der Waals surface area (Å²) in [5.41, 5.74) is 6.85. The van der Waals surface area contributed by atoms with Crippen LogP contribution in [0.15, 0.2) is 34.1 Å². The Kier molecular flexibility index (Phi) is 7.11. The molecule has 1 aromatic carbocycles. The van der Waals surface area contributed by atoms with E-state index < -0.39 is 23.1 Å². The molecule has 1 aromatic rings. The van der Waals surface area contributed by atoms with Crippen LogP contribution in [0.1, 0.15) is 25.3 Å². The Morgan fingerprint density at radius 1 is 1.03 bits per heavy atom. The average molecular weight is 479 g/mol. The van der Waals surface area contributed by atoms with Crippen molar-refractivity contribution in [1.29, 1.82) is 0 Å². The lowest BCUT2D eigenvalue weighted by Crippen LogP contribution is -2.40. The summed E-state index contributed by atoms with van der Waals surface area (Å²) in [4.78, 5) is 40.2. The summed E-state index contributed by atoms with van der Waals surface area (Å²) in [5, 5.41) is -0.205. The van der Waals surface area contributed by atoms with E-state index >= 15 is 0 Å². The number of nitrogens with zero attached hydrogens (tertiary/aromatic N) is 1. The number of methoxy groups -OCH3 is 4. The molecule has 2 aliphatic rings. The molecule has 0 aliphatic carbocycles. The number of thioether (sulfide) groups is 1. The number of carbonyl (C=O) groups is 3. The highest BCUT2D eigenvalue weighted by Gasteiger charge is 2.49. The van der Waals surface area contributed by atoms with Gasteiger partial charge in [-0.05, 0) is 31.5 Å². The molecule has 0 aromatic heterocycles. The van der Waals surface area contributed by atoms with E-state index in [1.54, 1.807) is 26.0 Å². The molecule has 2 unspecified atom stereocenters. The molecule has 33 heavy (non-hydrogen) atoms. The Hall–Kier alpha value is -3.34. The van der Waals surface area contributed by atoms with Crippen molar-refractivity contribution < 1.29 is 38.1 Å². The lowest BCUT2D eigenvalue weighted by atomic mass is 9.82. The van der Waals surface area contributed by atoms with Gasteiger partial charge in [-0.1, -0.05) is 11.8 Å². The standard InChI is InChI=1S/C22H26N2O8S/c1-7-32-22(27)15-14(11-8-12(28-3)17(30-5)13(9-11)29-4)16(21(26)31-6)20-24(18(15)23)19(25)10(2)33-20/h8-10,14H,7,23H2,1-6H3. The highest BCUT2D eigenvalue weighted by molar-refractivity contribution is 8.04. The molecule has 2 aliphatic heterocycles. The Balaban J connectivity index is 2.38. The monoisotopic (exact) mass is 478 g/mol. The number of rotatable bonds is 7. The number of carbonyl (C=O) groups excluding carboxylic acids is 3. The Labute approximate surface area is 195 Å². The molecule has 0 bridgehead atoms. The number of ether oxygens (including phenoxy) is 5. The molecule has 1 saturated heterocycles. The minimum Gasteiger partial charge on any atom is -0.493 e. The second kappa shape index (κ2) is 9.65. The SMILES string of the molecule is CCOC(=O)C1=C(N)N2C(=O)C(C)SC2=C(C(=O)OC)C1c1cc(OC)c(OC)c(OC)c1. The van der Waals surface area contributed by atoms with Crippen LogP contribution in [0.3, 0.4) is 0 Å². The number of nitrogens with two attached hydrogens (primary N) is 1. The summed E-state index contributed by atoms with van der Waals surface area (Å²) in [6, 6.07) is 3.23. The van der Waals surface area contributed by atoms with Crippen molar-refractivity contribution in [3.8, 4) is 17.2 Å². The van der Waals surface area contributed by atoms with Crippen LogP contribution < -0.4 is 19.9 Å². The molecule has 2 atom stereocenters. The fraction of sp³-hybridized carbons (Fsp3) is 0.409. The lowest BCUT2D eigenvalue weighted by Gasteiger charge is -2.33. The molecular weight excluding hydrogens is 452 g/mol. The first-order valence-corrected chi connectivity index (χ1v) is 10.9. The molecule has 0 saturated carbocycles. The second-order valence-electron chi connectivity index (χ2n) is 7.06. The quantitative estimate of drug-likeness (QED) is 0.581. The third kappa shape index (κ3) is 3.97. The molecule has 2 heterocycles. The topological polar surface area (TPSA) is 127 Å². The average Bonchev–Trinajstić information content (AvgIpc) is 3.11. The molecule has 2 N–H and O–H groups in total. The van der Waals surface area contributed by atoms with E-state index in [-0.39, 0.29) is 29.5 Å². The molecule has 1 amide bonds. The lowest BCUT2D eigenvalue weighted by molar-refractivity contribution is -0.139. The van der Waals surface area contributed by atoms with Gasteiger partial charge in [-0.2, -0.15) is 0 Å². The predicted molar refractivity (Wildman–Crippen MR) is 120 cm³/mol. The summed E-state index contributed by atoms with van der Waals surface area (Å²) in [5.74, 6) is -1.97. The second-order valence-corrected chi connectivity index (χ2v) is 8.38. The molecule has 0 spiro atoms. The number of benzene rings is 1. The molecule has 178 valence electrons. The van der Waals surface area contributed by atoms with Crippen molar-refractivity contribution in [3.63, 3.8) is 0 Å². The van der Waals surface area contributed by atoms with E-state index in [4.69, 9.17) is 29.4 Å². The predicted octanol–water partition coefficient (Wildman–Crippen LogP) is 1.89. The van der Waals surface area contributed by atoms with Crippen molar-refractivity contribution in [2.24, 2.45) is 5.73 Å². The van der Waals surface area contributed by atoms with Gasteiger partial charge in [0.25, 0.3) is 0 Å². The summed E-state index contributed by atoms with van der Waals surface area (Å²) >= 11 is 1.17. The van der Waals surface area contributed by atoms with Crippen LogP contribution in [-0.2, 0) is 23.9 Å². The first kappa shape index (κ1) is 24.3. The maximum atomic E-state index is 13.1. The highest BCUT2D eigenvalue weighted by atomic mass is 32.2. The summed E-state index contributed by atoms with van der Waals surface area (Å²) in [6.07, 6.45) is 0. The Morgan fingerprint density at radius 2 is 1.64 bits per heavy atom. The van der Waals surface area contributed by atoms with Crippen LogP contribution in [0, 0.1) is 0 Å². The normalized spacial score (nSPS) is 19.9. The van der Waals surface area contributed by atoms with Crippen LogP contribution in [0.5, 0.6) is 17.2 Å². The minimum absolute atomic E-state index is 0.0571. The highest BCUT2D eigenvalue weighted by Crippen LogP contribution is 2.51. The van der Waals surface area contributed by atoms with E-state index in [0.29, 0.717) is 27.8 Å².